The maximum Gasteiger partial charge on any atom is 0.330 e. The van der Waals surface area contributed by atoms with Crippen molar-refractivity contribution in [3.05, 3.63) is 85.6 Å². The van der Waals surface area contributed by atoms with Crippen molar-refractivity contribution in [3.8, 4) is 16.9 Å². The van der Waals surface area contributed by atoms with Gasteiger partial charge in [-0.2, -0.15) is 0 Å². The van der Waals surface area contributed by atoms with Crippen molar-refractivity contribution >= 4 is 26.8 Å². The highest BCUT2D eigenvalue weighted by molar-refractivity contribution is 9.10. The van der Waals surface area contributed by atoms with E-state index in [2.05, 4.69) is 47.1 Å². The fourth-order valence-electron chi connectivity index (χ4n) is 3.84. The molecular weight excluding hydrogens is 442 g/mol. The van der Waals surface area contributed by atoms with E-state index in [1.807, 2.05) is 35.0 Å². The van der Waals surface area contributed by atoms with E-state index < -0.39 is 0 Å². The molecule has 0 spiro atoms. The summed E-state index contributed by atoms with van der Waals surface area (Å²) in [5.74, 6) is 0. The van der Waals surface area contributed by atoms with E-state index in [1.54, 1.807) is 7.05 Å². The summed E-state index contributed by atoms with van der Waals surface area (Å²) in [5.41, 5.74) is 3.96. The number of hydrogen-bond donors (Lipinski definition) is 0. The quantitative estimate of drug-likeness (QED) is 0.424. The first-order chi connectivity index (χ1) is 14.4. The monoisotopic (exact) mass is 465 g/mol. The molecule has 0 aliphatic rings. The van der Waals surface area contributed by atoms with Gasteiger partial charge in [-0.3, -0.25) is 13.9 Å². The lowest BCUT2D eigenvalue weighted by molar-refractivity contribution is 0.714. The molecule has 4 aromatic rings. The number of hydrogen-bond acceptors (Lipinski definition) is 2. The zero-order valence-electron chi connectivity index (χ0n) is 17.4. The van der Waals surface area contributed by atoms with Gasteiger partial charge in [-0.1, -0.05) is 53.5 Å². The molecule has 4 rings (SSSR count). The molecule has 0 unspecified atom stereocenters. The van der Waals surface area contributed by atoms with Gasteiger partial charge >= 0.3 is 5.69 Å². The second-order valence-electron chi connectivity index (χ2n) is 7.59. The Hall–Kier alpha value is -2.86. The lowest BCUT2D eigenvalue weighted by Gasteiger charge is -2.11. The zero-order valence-corrected chi connectivity index (χ0v) is 18.9. The Morgan fingerprint density at radius 2 is 1.57 bits per heavy atom. The predicted octanol–water partition coefficient (Wildman–Crippen LogP) is 4.80. The molecule has 0 fully saturated rings. The van der Waals surface area contributed by atoms with E-state index in [1.165, 1.54) is 21.7 Å². The molecule has 0 saturated heterocycles. The Morgan fingerprint density at radius 1 is 0.900 bits per heavy atom. The van der Waals surface area contributed by atoms with Crippen LogP contribution in [-0.2, 0) is 20.5 Å². The molecule has 154 valence electrons. The van der Waals surface area contributed by atoms with Gasteiger partial charge in [-0.05, 0) is 48.2 Å². The fraction of sp³-hybridized carbons (Fsp3) is 0.250. The standard InChI is InChI=1S/C24H24BrN3O2/c1-4-5-6-16-7-13-19(14-8-16)28-15-20-21(23(29)27(3)24(30)26(20)2)22(28)17-9-11-18(25)12-10-17/h7-15H,4-6H2,1-3H3. The van der Waals surface area contributed by atoms with E-state index in [4.69, 9.17) is 0 Å². The lowest BCUT2D eigenvalue weighted by atomic mass is 10.1. The summed E-state index contributed by atoms with van der Waals surface area (Å²) < 4.78 is 5.68. The second-order valence-corrected chi connectivity index (χ2v) is 8.51. The van der Waals surface area contributed by atoms with Crippen LogP contribution in [0.2, 0.25) is 0 Å². The highest BCUT2D eigenvalue weighted by atomic mass is 79.9. The number of unbranched alkanes of at least 4 members (excludes halogenated alkanes) is 1. The molecule has 0 radical (unpaired) electrons. The predicted molar refractivity (Wildman–Crippen MR) is 126 cm³/mol. The third-order valence-electron chi connectivity index (χ3n) is 5.59. The molecule has 0 aliphatic carbocycles. The SMILES string of the molecule is CCCCc1ccc(-n2cc3c(c2-c2ccc(Br)cc2)c(=O)n(C)c(=O)n3C)cc1. The van der Waals surface area contributed by atoms with E-state index >= 15 is 0 Å². The summed E-state index contributed by atoms with van der Waals surface area (Å²) in [4.78, 5) is 25.6. The molecule has 0 aliphatic heterocycles. The van der Waals surface area contributed by atoms with Crippen LogP contribution in [0, 0.1) is 0 Å². The van der Waals surface area contributed by atoms with Crippen molar-refractivity contribution in [2.75, 3.05) is 0 Å². The molecule has 0 N–H and O–H groups in total. The van der Waals surface area contributed by atoms with E-state index in [-0.39, 0.29) is 11.2 Å². The normalized spacial score (nSPS) is 11.3. The van der Waals surface area contributed by atoms with Gasteiger partial charge in [-0.15, -0.1) is 0 Å². The minimum Gasteiger partial charge on any atom is -0.314 e. The number of halogens is 1. The van der Waals surface area contributed by atoms with Gasteiger partial charge < -0.3 is 4.57 Å². The molecule has 5 nitrogen and oxygen atoms in total. The molecule has 0 atom stereocenters. The van der Waals surface area contributed by atoms with Gasteiger partial charge in [0.05, 0.1) is 16.6 Å². The molecule has 0 bridgehead atoms. The average molecular weight is 466 g/mol. The third-order valence-corrected chi connectivity index (χ3v) is 6.12. The first-order valence-electron chi connectivity index (χ1n) is 10.1. The van der Waals surface area contributed by atoms with Gasteiger partial charge in [-0.25, -0.2) is 4.79 Å². The van der Waals surface area contributed by atoms with Gasteiger partial charge in [0.2, 0.25) is 0 Å². The second kappa shape index (κ2) is 8.11. The molecule has 0 amide bonds. The van der Waals surface area contributed by atoms with E-state index in [9.17, 15) is 9.59 Å². The van der Waals surface area contributed by atoms with E-state index in [0.717, 1.165) is 40.7 Å². The summed E-state index contributed by atoms with van der Waals surface area (Å²) >= 11 is 3.48. The zero-order chi connectivity index (χ0) is 21.4. The van der Waals surface area contributed by atoms with Gasteiger partial charge in [0.25, 0.3) is 5.56 Å². The van der Waals surface area contributed by atoms with Gasteiger partial charge in [0, 0.05) is 30.5 Å². The number of rotatable bonds is 5. The Kier molecular flexibility index (Phi) is 5.52. The van der Waals surface area contributed by atoms with Crippen LogP contribution < -0.4 is 11.2 Å². The molecule has 0 saturated carbocycles. The maximum absolute atomic E-state index is 13.1. The minimum absolute atomic E-state index is 0.288. The summed E-state index contributed by atoms with van der Waals surface area (Å²) in [7, 11) is 3.23. The van der Waals surface area contributed by atoms with Crippen molar-refractivity contribution in [1.29, 1.82) is 0 Å². The van der Waals surface area contributed by atoms with Crippen LogP contribution in [0.15, 0.2) is 68.8 Å². The van der Waals surface area contributed by atoms with Gasteiger partial charge in [0.15, 0.2) is 0 Å². The lowest BCUT2D eigenvalue weighted by Crippen LogP contribution is -2.36. The minimum atomic E-state index is -0.332. The Labute approximate surface area is 183 Å². The van der Waals surface area contributed by atoms with Crippen LogP contribution in [0.4, 0.5) is 0 Å². The Morgan fingerprint density at radius 3 is 2.20 bits per heavy atom. The number of aromatic nitrogens is 3. The average Bonchev–Trinajstić information content (AvgIpc) is 3.16. The van der Waals surface area contributed by atoms with Crippen LogP contribution in [0.25, 0.3) is 27.8 Å². The fourth-order valence-corrected chi connectivity index (χ4v) is 4.10. The number of benzene rings is 2. The smallest absolute Gasteiger partial charge is 0.314 e. The number of fused-ring (bicyclic) bond motifs is 1. The first kappa shape index (κ1) is 20.4. The van der Waals surface area contributed by atoms with Crippen LogP contribution in [0.5, 0.6) is 0 Å². The molecule has 6 heteroatoms. The van der Waals surface area contributed by atoms with Crippen LogP contribution in [-0.4, -0.2) is 13.7 Å². The van der Waals surface area contributed by atoms with Crippen LogP contribution in [0.3, 0.4) is 0 Å². The molecule has 2 aromatic heterocycles. The highest BCUT2D eigenvalue weighted by Gasteiger charge is 2.20. The maximum atomic E-state index is 13.1. The Balaban J connectivity index is 2.01. The molecule has 30 heavy (non-hydrogen) atoms. The molecule has 2 heterocycles. The number of nitrogens with zero attached hydrogens (tertiary/aromatic N) is 3. The highest BCUT2D eigenvalue weighted by Crippen LogP contribution is 2.31. The van der Waals surface area contributed by atoms with Crippen molar-refractivity contribution in [2.45, 2.75) is 26.2 Å². The van der Waals surface area contributed by atoms with Crippen molar-refractivity contribution < 1.29 is 0 Å². The van der Waals surface area contributed by atoms with Crippen molar-refractivity contribution in [2.24, 2.45) is 14.1 Å². The summed E-state index contributed by atoms with van der Waals surface area (Å²) in [6.07, 6.45) is 5.26. The van der Waals surface area contributed by atoms with Gasteiger partial charge in [0.1, 0.15) is 0 Å². The summed E-state index contributed by atoms with van der Waals surface area (Å²) in [6, 6.07) is 16.3. The molecular formula is C24H24BrN3O2. The van der Waals surface area contributed by atoms with Crippen LogP contribution >= 0.6 is 15.9 Å². The third kappa shape index (κ3) is 3.45. The topological polar surface area (TPSA) is 48.9 Å². The number of aryl methyl sites for hydroxylation is 2. The Bertz CT molecular complexity index is 1330. The first-order valence-corrected chi connectivity index (χ1v) is 10.9. The molecule has 2 aromatic carbocycles. The summed E-state index contributed by atoms with van der Waals surface area (Å²) in [5, 5.41) is 0.539. The van der Waals surface area contributed by atoms with Crippen molar-refractivity contribution in [1.82, 2.24) is 13.7 Å². The largest absolute Gasteiger partial charge is 0.330 e. The van der Waals surface area contributed by atoms with E-state index in [0.29, 0.717) is 10.9 Å². The summed E-state index contributed by atoms with van der Waals surface area (Å²) in [6.45, 7) is 2.19. The van der Waals surface area contributed by atoms with Crippen molar-refractivity contribution in [3.63, 3.8) is 0 Å². The van der Waals surface area contributed by atoms with Crippen LogP contribution in [0.1, 0.15) is 25.3 Å².